The molecule has 0 amide bonds. The fourth-order valence-corrected chi connectivity index (χ4v) is 3.09. The van der Waals surface area contributed by atoms with Crippen molar-refractivity contribution < 1.29 is 8.42 Å². The van der Waals surface area contributed by atoms with Crippen LogP contribution in [0.3, 0.4) is 0 Å². The van der Waals surface area contributed by atoms with Crippen molar-refractivity contribution in [2.75, 3.05) is 12.8 Å². The van der Waals surface area contributed by atoms with Crippen molar-refractivity contribution in [1.29, 1.82) is 0 Å². The molecular weight excluding hydrogens is 198 g/mol. The van der Waals surface area contributed by atoms with E-state index in [0.717, 1.165) is 12.8 Å². The molecule has 0 aliphatic heterocycles. The third-order valence-corrected chi connectivity index (χ3v) is 5.09. The van der Waals surface area contributed by atoms with E-state index in [9.17, 15) is 8.42 Å². The van der Waals surface area contributed by atoms with Crippen LogP contribution in [0, 0.1) is 0 Å². The minimum absolute atomic E-state index is 0.110. The Labute approximate surface area is 88.2 Å². The summed E-state index contributed by atoms with van der Waals surface area (Å²) in [4.78, 5) is 0. The molecule has 86 valence electrons. The lowest BCUT2D eigenvalue weighted by Gasteiger charge is -2.18. The van der Waals surface area contributed by atoms with Gasteiger partial charge >= 0.3 is 0 Å². The van der Waals surface area contributed by atoms with Gasteiger partial charge in [-0.1, -0.05) is 20.3 Å². The first-order valence-corrected chi connectivity index (χ1v) is 7.08. The smallest absolute Gasteiger partial charge is 0.154 e. The zero-order valence-corrected chi connectivity index (χ0v) is 10.5. The Morgan fingerprint density at radius 1 is 1.29 bits per heavy atom. The lowest BCUT2D eigenvalue weighted by Crippen LogP contribution is -2.36. The van der Waals surface area contributed by atoms with Gasteiger partial charge in [-0.25, -0.2) is 8.42 Å². The van der Waals surface area contributed by atoms with Crippen LogP contribution in [0.1, 0.15) is 40.0 Å². The minimum atomic E-state index is -2.91. The fraction of sp³-hybridized carbons (Fsp3) is 1.00. The molecule has 14 heavy (non-hydrogen) atoms. The summed E-state index contributed by atoms with van der Waals surface area (Å²) in [5.74, 6) is 0.270. The van der Waals surface area contributed by atoms with Gasteiger partial charge in [0.15, 0.2) is 9.84 Å². The van der Waals surface area contributed by atoms with Crippen LogP contribution >= 0.6 is 0 Å². The molecule has 4 heteroatoms. The first-order valence-electron chi connectivity index (χ1n) is 5.36. The van der Waals surface area contributed by atoms with E-state index < -0.39 is 9.84 Å². The monoisotopic (exact) mass is 221 g/mol. The number of rotatable bonds is 7. The number of hydrogen-bond donors (Lipinski definition) is 1. The summed E-state index contributed by atoms with van der Waals surface area (Å²) < 4.78 is 23.5. The maximum atomic E-state index is 11.8. The summed E-state index contributed by atoms with van der Waals surface area (Å²) in [7, 11) is -1.08. The highest BCUT2D eigenvalue weighted by Gasteiger charge is 2.22. The molecule has 0 saturated carbocycles. The van der Waals surface area contributed by atoms with Gasteiger partial charge in [0.05, 0.1) is 11.0 Å². The number of sulfone groups is 1. The molecule has 0 bridgehead atoms. The van der Waals surface area contributed by atoms with Gasteiger partial charge < -0.3 is 5.32 Å². The Morgan fingerprint density at radius 3 is 2.21 bits per heavy atom. The Hall–Kier alpha value is -0.0900. The highest BCUT2D eigenvalue weighted by Crippen LogP contribution is 2.09. The Kier molecular flexibility index (Phi) is 6.36. The SMILES string of the molecule is CCCC(CS(=O)(=O)C(C)CC)NC. The minimum Gasteiger partial charge on any atom is -0.316 e. The summed E-state index contributed by atoms with van der Waals surface area (Å²) in [6, 6.07) is 0.110. The van der Waals surface area contributed by atoms with Gasteiger partial charge in [0.25, 0.3) is 0 Å². The van der Waals surface area contributed by atoms with Crippen LogP contribution in [0.4, 0.5) is 0 Å². The normalized spacial score (nSPS) is 16.6. The van der Waals surface area contributed by atoms with Gasteiger partial charge in [0.2, 0.25) is 0 Å². The molecule has 3 nitrogen and oxygen atoms in total. The Bertz CT molecular complexity index is 237. The zero-order valence-electron chi connectivity index (χ0n) is 9.71. The first-order chi connectivity index (χ1) is 6.47. The van der Waals surface area contributed by atoms with Crippen LogP contribution in [0.25, 0.3) is 0 Å². The van der Waals surface area contributed by atoms with Crippen molar-refractivity contribution in [1.82, 2.24) is 5.32 Å². The molecule has 1 N–H and O–H groups in total. The van der Waals surface area contributed by atoms with E-state index in [1.807, 2.05) is 14.0 Å². The predicted molar refractivity (Wildman–Crippen MR) is 61.3 cm³/mol. The quantitative estimate of drug-likeness (QED) is 0.710. The second-order valence-electron chi connectivity index (χ2n) is 3.82. The molecule has 0 saturated heterocycles. The van der Waals surface area contributed by atoms with Crippen LogP contribution in [0.5, 0.6) is 0 Å². The van der Waals surface area contributed by atoms with E-state index in [1.165, 1.54) is 0 Å². The Morgan fingerprint density at radius 2 is 1.86 bits per heavy atom. The van der Waals surface area contributed by atoms with Crippen LogP contribution in [-0.4, -0.2) is 32.5 Å². The maximum absolute atomic E-state index is 11.8. The highest BCUT2D eigenvalue weighted by atomic mass is 32.2. The van der Waals surface area contributed by atoms with E-state index in [-0.39, 0.29) is 17.0 Å². The summed E-state index contributed by atoms with van der Waals surface area (Å²) in [5.41, 5.74) is 0. The molecule has 0 rings (SSSR count). The molecule has 0 aliphatic carbocycles. The van der Waals surface area contributed by atoms with E-state index in [2.05, 4.69) is 12.2 Å². The van der Waals surface area contributed by atoms with Crippen molar-refractivity contribution >= 4 is 9.84 Å². The molecular formula is C10H23NO2S. The van der Waals surface area contributed by atoms with E-state index in [1.54, 1.807) is 6.92 Å². The topological polar surface area (TPSA) is 46.2 Å². The zero-order chi connectivity index (χ0) is 11.2. The third kappa shape index (κ3) is 4.42. The predicted octanol–water partition coefficient (Wildman–Crippen LogP) is 1.59. The molecule has 0 aliphatic rings. The van der Waals surface area contributed by atoms with Crippen LogP contribution in [-0.2, 0) is 9.84 Å². The van der Waals surface area contributed by atoms with Gasteiger partial charge in [-0.2, -0.15) is 0 Å². The van der Waals surface area contributed by atoms with Crippen LogP contribution in [0.2, 0.25) is 0 Å². The lowest BCUT2D eigenvalue weighted by atomic mass is 10.2. The largest absolute Gasteiger partial charge is 0.316 e. The average Bonchev–Trinajstić information content (AvgIpc) is 2.15. The fourth-order valence-electron chi connectivity index (χ4n) is 1.36. The van der Waals surface area contributed by atoms with E-state index in [4.69, 9.17) is 0 Å². The second-order valence-corrected chi connectivity index (χ2v) is 6.29. The molecule has 0 fully saturated rings. The Balaban J connectivity index is 4.32. The van der Waals surface area contributed by atoms with Crippen molar-refractivity contribution in [2.24, 2.45) is 0 Å². The summed E-state index contributed by atoms with van der Waals surface area (Å²) in [6.07, 6.45) is 2.64. The maximum Gasteiger partial charge on any atom is 0.154 e. The molecule has 2 unspecified atom stereocenters. The lowest BCUT2D eigenvalue weighted by molar-refractivity contribution is 0.529. The molecule has 0 aromatic heterocycles. The molecule has 2 atom stereocenters. The molecule has 0 heterocycles. The summed E-state index contributed by atoms with van der Waals surface area (Å²) in [6.45, 7) is 5.77. The van der Waals surface area contributed by atoms with Crippen molar-refractivity contribution in [3.8, 4) is 0 Å². The second kappa shape index (κ2) is 6.40. The van der Waals surface area contributed by atoms with Gasteiger partial charge in [0, 0.05) is 6.04 Å². The van der Waals surface area contributed by atoms with E-state index in [0.29, 0.717) is 6.42 Å². The molecule has 0 radical (unpaired) electrons. The summed E-state index contributed by atoms with van der Waals surface area (Å²) >= 11 is 0. The standard InChI is InChI=1S/C10H23NO2S/c1-5-7-10(11-4)8-14(12,13)9(3)6-2/h9-11H,5-8H2,1-4H3. The average molecular weight is 221 g/mol. The third-order valence-electron chi connectivity index (χ3n) is 2.67. The number of nitrogens with one attached hydrogen (secondary N) is 1. The summed E-state index contributed by atoms with van der Waals surface area (Å²) in [5, 5.41) is 2.85. The van der Waals surface area contributed by atoms with Crippen molar-refractivity contribution in [3.05, 3.63) is 0 Å². The van der Waals surface area contributed by atoms with E-state index >= 15 is 0 Å². The van der Waals surface area contributed by atoms with Gasteiger partial charge in [-0.3, -0.25) is 0 Å². The van der Waals surface area contributed by atoms with Crippen LogP contribution < -0.4 is 5.32 Å². The highest BCUT2D eigenvalue weighted by molar-refractivity contribution is 7.92. The van der Waals surface area contributed by atoms with Crippen molar-refractivity contribution in [2.45, 2.75) is 51.3 Å². The molecule has 0 spiro atoms. The van der Waals surface area contributed by atoms with Gasteiger partial charge in [-0.05, 0) is 26.8 Å². The first kappa shape index (κ1) is 13.9. The number of hydrogen-bond acceptors (Lipinski definition) is 3. The van der Waals surface area contributed by atoms with Crippen molar-refractivity contribution in [3.63, 3.8) is 0 Å². The molecule has 0 aromatic carbocycles. The van der Waals surface area contributed by atoms with Gasteiger partial charge in [0.1, 0.15) is 0 Å². The van der Waals surface area contributed by atoms with Gasteiger partial charge in [-0.15, -0.1) is 0 Å². The molecule has 0 aromatic rings. The van der Waals surface area contributed by atoms with Crippen LogP contribution in [0.15, 0.2) is 0 Å².